The molecule has 1 fully saturated rings. The van der Waals surface area contributed by atoms with Gasteiger partial charge in [-0.05, 0) is 12.8 Å². The van der Waals surface area contributed by atoms with Crippen LogP contribution in [0.2, 0.25) is 0 Å². The molecule has 70 valence electrons. The van der Waals surface area contributed by atoms with Crippen LogP contribution in [0.15, 0.2) is 18.5 Å². The van der Waals surface area contributed by atoms with Crippen LogP contribution in [0.5, 0.6) is 5.75 Å². The van der Waals surface area contributed by atoms with Crippen LogP contribution in [0.25, 0.3) is 0 Å². The molecule has 1 aliphatic rings. The summed E-state index contributed by atoms with van der Waals surface area (Å²) in [6.07, 6.45) is 6.19. The standard InChI is InChI=1S/C10H14N2O/c1-13-10-4-5-11-8-9(10)12-6-2-3-7-12/h4-5,8H,2-3,6-7H2,1H3. The minimum atomic E-state index is 0.928. The van der Waals surface area contributed by atoms with Gasteiger partial charge in [-0.3, -0.25) is 4.98 Å². The second-order valence-corrected chi connectivity index (χ2v) is 3.24. The Labute approximate surface area is 78.3 Å². The zero-order chi connectivity index (χ0) is 9.10. The minimum Gasteiger partial charge on any atom is -0.494 e. The van der Waals surface area contributed by atoms with Crippen molar-refractivity contribution in [2.24, 2.45) is 0 Å². The molecule has 0 unspecified atom stereocenters. The number of hydrogen-bond donors (Lipinski definition) is 0. The van der Waals surface area contributed by atoms with Crippen LogP contribution < -0.4 is 9.64 Å². The fourth-order valence-electron chi connectivity index (χ4n) is 1.74. The summed E-state index contributed by atoms with van der Waals surface area (Å²) in [4.78, 5) is 6.44. The fraction of sp³-hybridized carbons (Fsp3) is 0.500. The van der Waals surface area contributed by atoms with E-state index in [2.05, 4.69) is 9.88 Å². The Morgan fingerprint density at radius 2 is 2.15 bits per heavy atom. The molecule has 1 saturated heterocycles. The van der Waals surface area contributed by atoms with Crippen molar-refractivity contribution < 1.29 is 4.74 Å². The Morgan fingerprint density at radius 3 is 2.85 bits per heavy atom. The summed E-state index contributed by atoms with van der Waals surface area (Å²) < 4.78 is 5.28. The Morgan fingerprint density at radius 1 is 1.38 bits per heavy atom. The molecule has 3 nitrogen and oxygen atoms in total. The van der Waals surface area contributed by atoms with E-state index >= 15 is 0 Å². The van der Waals surface area contributed by atoms with Gasteiger partial charge in [-0.1, -0.05) is 0 Å². The Bertz CT molecular complexity index is 282. The molecular weight excluding hydrogens is 164 g/mol. The lowest BCUT2D eigenvalue weighted by Crippen LogP contribution is -2.18. The van der Waals surface area contributed by atoms with Gasteiger partial charge in [-0.2, -0.15) is 0 Å². The van der Waals surface area contributed by atoms with E-state index in [4.69, 9.17) is 4.74 Å². The second kappa shape index (κ2) is 3.64. The van der Waals surface area contributed by atoms with Crippen LogP contribution in [0.3, 0.4) is 0 Å². The van der Waals surface area contributed by atoms with Crippen LogP contribution in [0.4, 0.5) is 5.69 Å². The summed E-state index contributed by atoms with van der Waals surface area (Å²) in [5.74, 6) is 0.928. The smallest absolute Gasteiger partial charge is 0.145 e. The molecule has 0 spiro atoms. The highest BCUT2D eigenvalue weighted by atomic mass is 16.5. The quantitative estimate of drug-likeness (QED) is 0.689. The van der Waals surface area contributed by atoms with E-state index in [9.17, 15) is 0 Å². The summed E-state index contributed by atoms with van der Waals surface area (Å²) in [5, 5.41) is 0. The SMILES string of the molecule is COc1ccncc1N1CCCC1. The number of hydrogen-bond acceptors (Lipinski definition) is 3. The van der Waals surface area contributed by atoms with Crippen molar-refractivity contribution in [1.82, 2.24) is 4.98 Å². The number of anilines is 1. The van der Waals surface area contributed by atoms with Crippen LogP contribution >= 0.6 is 0 Å². The minimum absolute atomic E-state index is 0.928. The first-order valence-corrected chi connectivity index (χ1v) is 4.65. The molecule has 0 amide bonds. The van der Waals surface area contributed by atoms with Gasteiger partial charge in [0, 0.05) is 25.4 Å². The largest absolute Gasteiger partial charge is 0.494 e. The molecule has 0 radical (unpaired) electrons. The number of ether oxygens (including phenoxy) is 1. The number of pyridine rings is 1. The summed E-state index contributed by atoms with van der Waals surface area (Å²) >= 11 is 0. The topological polar surface area (TPSA) is 25.4 Å². The molecule has 0 aliphatic carbocycles. The van der Waals surface area contributed by atoms with Gasteiger partial charge in [0.05, 0.1) is 19.0 Å². The van der Waals surface area contributed by atoms with Crippen LogP contribution in [-0.2, 0) is 0 Å². The Kier molecular flexibility index (Phi) is 2.34. The van der Waals surface area contributed by atoms with E-state index in [0.717, 1.165) is 24.5 Å². The first-order chi connectivity index (χ1) is 6.42. The van der Waals surface area contributed by atoms with Crippen molar-refractivity contribution >= 4 is 5.69 Å². The van der Waals surface area contributed by atoms with Crippen molar-refractivity contribution in [2.75, 3.05) is 25.1 Å². The fourth-order valence-corrected chi connectivity index (χ4v) is 1.74. The van der Waals surface area contributed by atoms with Gasteiger partial charge in [0.25, 0.3) is 0 Å². The molecule has 13 heavy (non-hydrogen) atoms. The van der Waals surface area contributed by atoms with E-state index in [1.165, 1.54) is 12.8 Å². The normalized spacial score (nSPS) is 16.2. The van der Waals surface area contributed by atoms with E-state index in [-0.39, 0.29) is 0 Å². The molecule has 0 N–H and O–H groups in total. The van der Waals surface area contributed by atoms with E-state index in [1.54, 1.807) is 13.3 Å². The highest BCUT2D eigenvalue weighted by Gasteiger charge is 2.15. The van der Waals surface area contributed by atoms with E-state index in [0.29, 0.717) is 0 Å². The predicted octanol–water partition coefficient (Wildman–Crippen LogP) is 1.69. The van der Waals surface area contributed by atoms with Gasteiger partial charge >= 0.3 is 0 Å². The molecule has 1 aliphatic heterocycles. The molecule has 0 bridgehead atoms. The lowest BCUT2D eigenvalue weighted by atomic mass is 10.3. The van der Waals surface area contributed by atoms with Gasteiger partial charge in [0.2, 0.25) is 0 Å². The van der Waals surface area contributed by atoms with Crippen molar-refractivity contribution in [3.63, 3.8) is 0 Å². The highest BCUT2D eigenvalue weighted by molar-refractivity contribution is 5.56. The molecule has 3 heteroatoms. The number of methoxy groups -OCH3 is 1. The van der Waals surface area contributed by atoms with Gasteiger partial charge < -0.3 is 9.64 Å². The zero-order valence-corrected chi connectivity index (χ0v) is 7.86. The van der Waals surface area contributed by atoms with Crippen molar-refractivity contribution in [3.05, 3.63) is 18.5 Å². The average Bonchev–Trinajstić information content (AvgIpc) is 2.70. The van der Waals surface area contributed by atoms with E-state index < -0.39 is 0 Å². The number of rotatable bonds is 2. The summed E-state index contributed by atoms with van der Waals surface area (Å²) in [7, 11) is 1.70. The third-order valence-electron chi connectivity index (χ3n) is 2.43. The summed E-state index contributed by atoms with van der Waals surface area (Å²) in [5.41, 5.74) is 1.13. The third kappa shape index (κ3) is 1.59. The molecule has 1 aromatic heterocycles. The average molecular weight is 178 g/mol. The summed E-state index contributed by atoms with van der Waals surface area (Å²) in [6.45, 7) is 2.25. The van der Waals surface area contributed by atoms with Crippen LogP contribution in [0.1, 0.15) is 12.8 Å². The van der Waals surface area contributed by atoms with Crippen molar-refractivity contribution in [2.45, 2.75) is 12.8 Å². The monoisotopic (exact) mass is 178 g/mol. The van der Waals surface area contributed by atoms with Gasteiger partial charge in [0.15, 0.2) is 0 Å². The van der Waals surface area contributed by atoms with Gasteiger partial charge in [-0.25, -0.2) is 0 Å². The molecule has 2 heterocycles. The zero-order valence-electron chi connectivity index (χ0n) is 7.86. The van der Waals surface area contributed by atoms with Crippen LogP contribution in [-0.4, -0.2) is 25.2 Å². The number of aromatic nitrogens is 1. The molecule has 2 rings (SSSR count). The van der Waals surface area contributed by atoms with Gasteiger partial charge in [0.1, 0.15) is 5.75 Å². The maximum atomic E-state index is 5.28. The van der Waals surface area contributed by atoms with E-state index in [1.807, 2.05) is 12.3 Å². The lowest BCUT2D eigenvalue weighted by molar-refractivity contribution is 0.414. The lowest BCUT2D eigenvalue weighted by Gasteiger charge is -2.19. The van der Waals surface area contributed by atoms with Crippen LogP contribution in [0, 0.1) is 0 Å². The molecule has 0 saturated carbocycles. The molecule has 0 atom stereocenters. The maximum absolute atomic E-state index is 5.28. The van der Waals surface area contributed by atoms with Gasteiger partial charge in [-0.15, -0.1) is 0 Å². The predicted molar refractivity (Wildman–Crippen MR) is 52.2 cm³/mol. The van der Waals surface area contributed by atoms with Crippen molar-refractivity contribution in [3.8, 4) is 5.75 Å². The first kappa shape index (κ1) is 8.35. The first-order valence-electron chi connectivity index (χ1n) is 4.65. The molecule has 1 aromatic rings. The third-order valence-corrected chi connectivity index (χ3v) is 2.43. The number of nitrogens with zero attached hydrogens (tertiary/aromatic N) is 2. The summed E-state index contributed by atoms with van der Waals surface area (Å²) in [6, 6.07) is 1.91. The molecule has 0 aromatic carbocycles. The van der Waals surface area contributed by atoms with Crippen molar-refractivity contribution in [1.29, 1.82) is 0 Å². The maximum Gasteiger partial charge on any atom is 0.145 e. The Balaban J connectivity index is 2.26. The highest BCUT2D eigenvalue weighted by Crippen LogP contribution is 2.28. The Hall–Kier alpha value is -1.25. The molecular formula is C10H14N2O. The second-order valence-electron chi connectivity index (χ2n) is 3.24.